The molecule has 1 N–H and O–H groups in total. The Balaban J connectivity index is 4.28. The highest BCUT2D eigenvalue weighted by molar-refractivity contribution is 6.72. The molecule has 0 saturated heterocycles. The van der Waals surface area contributed by atoms with Gasteiger partial charge in [0.1, 0.15) is 0 Å². The molecule has 0 amide bonds. The van der Waals surface area contributed by atoms with E-state index < -0.39 is 8.32 Å². The Morgan fingerprint density at radius 3 is 2.11 bits per heavy atom. The van der Waals surface area contributed by atoms with E-state index in [4.69, 9.17) is 4.43 Å². The Morgan fingerprint density at radius 1 is 1.06 bits per heavy atom. The monoisotopic (exact) mass is 274 g/mol. The van der Waals surface area contributed by atoms with Crippen molar-refractivity contribution in [2.75, 3.05) is 0 Å². The molecule has 0 fully saturated rings. The zero-order valence-corrected chi connectivity index (χ0v) is 14.3. The summed E-state index contributed by atoms with van der Waals surface area (Å²) in [6, 6.07) is 0. The Kier molecular flexibility index (Phi) is 9.18. The van der Waals surface area contributed by atoms with Crippen LogP contribution in [0, 0.1) is 0 Å². The molecule has 0 saturated carbocycles. The van der Waals surface area contributed by atoms with Gasteiger partial charge in [0.05, 0.1) is 6.10 Å². The van der Waals surface area contributed by atoms with Crippen LogP contribution < -0.4 is 0 Å². The van der Waals surface area contributed by atoms with E-state index in [-0.39, 0.29) is 12.2 Å². The van der Waals surface area contributed by atoms with Gasteiger partial charge in [-0.25, -0.2) is 0 Å². The molecule has 0 aromatic carbocycles. The van der Waals surface area contributed by atoms with Gasteiger partial charge in [-0.1, -0.05) is 46.0 Å². The van der Waals surface area contributed by atoms with Crippen LogP contribution in [0.4, 0.5) is 0 Å². The number of rotatable bonds is 10. The van der Waals surface area contributed by atoms with Crippen LogP contribution in [0.3, 0.4) is 0 Å². The third-order valence-electron chi connectivity index (χ3n) is 3.69. The van der Waals surface area contributed by atoms with Crippen LogP contribution in [0.5, 0.6) is 0 Å². The summed E-state index contributed by atoms with van der Waals surface area (Å²) in [6.45, 7) is 13.1. The number of hydrogen-bond acceptors (Lipinski definition) is 2. The summed E-state index contributed by atoms with van der Waals surface area (Å²) in [5, 5.41) is 10.4. The largest absolute Gasteiger partial charge is 0.415 e. The van der Waals surface area contributed by atoms with Crippen LogP contribution in [0.2, 0.25) is 18.6 Å². The fraction of sp³-hybridized carbons (Fsp3) is 1.00. The van der Waals surface area contributed by atoms with E-state index in [9.17, 15) is 5.11 Å². The van der Waals surface area contributed by atoms with Crippen LogP contribution in [-0.2, 0) is 4.43 Å². The molecular formula is C15H34O2Si. The topological polar surface area (TPSA) is 29.5 Å². The molecule has 0 radical (unpaired) electrons. The summed E-state index contributed by atoms with van der Waals surface area (Å²) in [4.78, 5) is 0. The zero-order valence-electron chi connectivity index (χ0n) is 13.3. The Morgan fingerprint density at radius 2 is 1.67 bits per heavy atom. The number of unbranched alkanes of at least 4 members (excludes halogenated alkanes) is 3. The van der Waals surface area contributed by atoms with Gasteiger partial charge in [0, 0.05) is 11.6 Å². The first-order valence-electron chi connectivity index (χ1n) is 7.71. The number of aliphatic hydroxyl groups excluding tert-OH is 1. The van der Waals surface area contributed by atoms with E-state index in [2.05, 4.69) is 40.8 Å². The van der Waals surface area contributed by atoms with Gasteiger partial charge >= 0.3 is 0 Å². The predicted molar refractivity (Wildman–Crippen MR) is 82.5 cm³/mol. The molecule has 0 heterocycles. The van der Waals surface area contributed by atoms with Crippen LogP contribution >= 0.6 is 0 Å². The first-order chi connectivity index (χ1) is 8.35. The Hall–Kier alpha value is 0.137. The fourth-order valence-electron chi connectivity index (χ4n) is 2.90. The molecule has 0 spiro atoms. The van der Waals surface area contributed by atoms with Crippen molar-refractivity contribution < 1.29 is 9.53 Å². The highest BCUT2D eigenvalue weighted by Crippen LogP contribution is 2.33. The van der Waals surface area contributed by atoms with Crippen molar-refractivity contribution in [3.05, 3.63) is 0 Å². The second-order valence-corrected chi connectivity index (χ2v) is 10.4. The maximum absolute atomic E-state index is 10.4. The molecule has 110 valence electrons. The lowest BCUT2D eigenvalue weighted by Crippen LogP contribution is -2.43. The molecule has 2 nitrogen and oxygen atoms in total. The van der Waals surface area contributed by atoms with Crippen molar-refractivity contribution in [3.63, 3.8) is 0 Å². The van der Waals surface area contributed by atoms with Gasteiger partial charge in [-0.05, 0) is 33.4 Å². The lowest BCUT2D eigenvalue weighted by Gasteiger charge is -2.36. The van der Waals surface area contributed by atoms with Crippen LogP contribution in [-0.4, -0.2) is 25.6 Å². The minimum atomic E-state index is -1.78. The van der Waals surface area contributed by atoms with Crippen molar-refractivity contribution in [1.82, 2.24) is 0 Å². The van der Waals surface area contributed by atoms with E-state index in [0.717, 1.165) is 19.3 Å². The maximum Gasteiger partial charge on any atom is 0.192 e. The minimum Gasteiger partial charge on any atom is -0.415 e. The van der Waals surface area contributed by atoms with Crippen molar-refractivity contribution >= 4 is 8.32 Å². The van der Waals surface area contributed by atoms with Gasteiger partial charge < -0.3 is 9.53 Å². The highest BCUT2D eigenvalue weighted by Gasteiger charge is 2.37. The van der Waals surface area contributed by atoms with Crippen LogP contribution in [0.1, 0.15) is 66.2 Å². The van der Waals surface area contributed by atoms with Gasteiger partial charge in [-0.3, -0.25) is 0 Å². The summed E-state index contributed by atoms with van der Waals surface area (Å²) in [5.74, 6) is 0. The second-order valence-electron chi connectivity index (χ2n) is 6.20. The van der Waals surface area contributed by atoms with Crippen molar-refractivity contribution in [2.45, 2.75) is 97.1 Å². The van der Waals surface area contributed by atoms with Crippen molar-refractivity contribution in [2.24, 2.45) is 0 Å². The molecule has 3 heteroatoms. The number of hydrogen-bond donors (Lipinski definition) is 1. The predicted octanol–water partition coefficient (Wildman–Crippen LogP) is 4.73. The summed E-state index contributed by atoms with van der Waals surface area (Å²) < 4.78 is 6.12. The van der Waals surface area contributed by atoms with Gasteiger partial charge in [-0.2, -0.15) is 0 Å². The molecule has 0 unspecified atom stereocenters. The van der Waals surface area contributed by atoms with E-state index in [1.54, 1.807) is 0 Å². The molecule has 0 rings (SSSR count). The summed E-state index contributed by atoms with van der Waals surface area (Å²) in [7, 11) is -1.78. The first kappa shape index (κ1) is 18.1. The van der Waals surface area contributed by atoms with E-state index in [0.29, 0.717) is 5.54 Å². The van der Waals surface area contributed by atoms with Crippen LogP contribution in [0.25, 0.3) is 0 Å². The normalized spacial score (nSPS) is 16.0. The molecular weight excluding hydrogens is 240 g/mol. The first-order valence-corrected chi connectivity index (χ1v) is 10.7. The number of aliphatic hydroxyl groups is 1. The third-order valence-corrected chi connectivity index (χ3v) is 7.35. The molecule has 2 atom stereocenters. The van der Waals surface area contributed by atoms with Gasteiger partial charge in [0.2, 0.25) is 0 Å². The maximum atomic E-state index is 10.4. The summed E-state index contributed by atoms with van der Waals surface area (Å²) in [5.41, 5.74) is 0.363. The molecule has 18 heavy (non-hydrogen) atoms. The zero-order chi connectivity index (χ0) is 14.2. The average Bonchev–Trinajstić information content (AvgIpc) is 2.23. The molecule has 0 aliphatic rings. The van der Waals surface area contributed by atoms with Gasteiger partial charge in [-0.15, -0.1) is 0 Å². The second kappa shape index (κ2) is 9.11. The van der Waals surface area contributed by atoms with E-state index in [1.165, 1.54) is 19.3 Å². The lowest BCUT2D eigenvalue weighted by atomic mass is 10.1. The molecule has 0 aromatic heterocycles. The lowest BCUT2D eigenvalue weighted by molar-refractivity contribution is 0.129. The van der Waals surface area contributed by atoms with Crippen molar-refractivity contribution in [1.29, 1.82) is 0 Å². The molecule has 0 aliphatic carbocycles. The van der Waals surface area contributed by atoms with E-state index in [1.807, 2.05) is 0 Å². The smallest absolute Gasteiger partial charge is 0.192 e. The minimum absolute atomic E-state index is 0.174. The quantitative estimate of drug-likeness (QED) is 0.461. The summed E-state index contributed by atoms with van der Waals surface area (Å²) >= 11 is 0. The highest BCUT2D eigenvalue weighted by atomic mass is 28.4. The third kappa shape index (κ3) is 6.91. The van der Waals surface area contributed by atoms with Crippen LogP contribution in [0.15, 0.2) is 0 Å². The average molecular weight is 275 g/mol. The SMILES string of the molecule is CCCCCC[C@H](O)[C@@H](CC)[Si](C)(C)OC(C)C. The van der Waals surface area contributed by atoms with Gasteiger partial charge in [0.25, 0.3) is 0 Å². The van der Waals surface area contributed by atoms with Crippen molar-refractivity contribution in [3.8, 4) is 0 Å². The molecule has 0 aromatic rings. The standard InChI is InChI=1S/C15H34O2Si/c1-7-9-10-11-12-14(16)15(8-2)18(5,6)17-13(3)4/h13-16H,7-12H2,1-6H3/t14-,15+/m0/s1. The van der Waals surface area contributed by atoms with E-state index >= 15 is 0 Å². The van der Waals surface area contributed by atoms with Gasteiger partial charge in [0.15, 0.2) is 8.32 Å². The summed E-state index contributed by atoms with van der Waals surface area (Å²) in [6.07, 6.45) is 7.00. The fourth-order valence-corrected chi connectivity index (χ4v) is 6.37. The molecule has 0 bridgehead atoms. The Bertz CT molecular complexity index is 205. The molecule has 0 aliphatic heterocycles. The Labute approximate surface area is 115 Å².